The lowest BCUT2D eigenvalue weighted by Crippen LogP contribution is -2.20. The zero-order valence-electron chi connectivity index (χ0n) is 14.2. The third-order valence-corrected chi connectivity index (χ3v) is 3.55. The van der Waals surface area contributed by atoms with Crippen LogP contribution in [0.3, 0.4) is 0 Å². The second-order valence-corrected chi connectivity index (χ2v) is 5.73. The molecule has 21 heavy (non-hydrogen) atoms. The first kappa shape index (κ1) is 20.4. The third kappa shape index (κ3) is 19.4. The third-order valence-electron chi connectivity index (χ3n) is 3.55. The van der Waals surface area contributed by atoms with Gasteiger partial charge >= 0.3 is 0 Å². The van der Waals surface area contributed by atoms with E-state index in [2.05, 4.69) is 10.6 Å². The molecule has 126 valence electrons. The average Bonchev–Trinajstić information content (AvgIpc) is 2.46. The van der Waals surface area contributed by atoms with Crippen molar-refractivity contribution in [3.63, 3.8) is 0 Å². The molecule has 0 saturated heterocycles. The summed E-state index contributed by atoms with van der Waals surface area (Å²) in [7, 11) is 2.01. The molecule has 0 aromatic heterocycles. The molecule has 0 aromatic carbocycles. The molecule has 0 aromatic rings. The quantitative estimate of drug-likeness (QED) is 0.430. The van der Waals surface area contributed by atoms with Crippen molar-refractivity contribution in [1.82, 2.24) is 10.6 Å². The molecule has 0 spiro atoms. The lowest BCUT2D eigenvalue weighted by Gasteiger charge is -2.05. The average molecular weight is 300 g/mol. The van der Waals surface area contributed by atoms with Crippen LogP contribution in [0.4, 0.5) is 0 Å². The smallest absolute Gasteiger partial charge is 0.216 e. The van der Waals surface area contributed by atoms with Crippen LogP contribution < -0.4 is 10.6 Å². The number of rotatable bonds is 16. The number of amides is 1. The van der Waals surface area contributed by atoms with E-state index in [-0.39, 0.29) is 5.91 Å². The Morgan fingerprint density at radius 2 is 1.24 bits per heavy atom. The monoisotopic (exact) mass is 300 g/mol. The fourth-order valence-electron chi connectivity index (χ4n) is 2.26. The second-order valence-electron chi connectivity index (χ2n) is 5.73. The van der Waals surface area contributed by atoms with E-state index in [0.717, 1.165) is 32.7 Å². The van der Waals surface area contributed by atoms with Gasteiger partial charge in [-0.15, -0.1) is 0 Å². The van der Waals surface area contributed by atoms with E-state index in [1.165, 1.54) is 57.8 Å². The highest BCUT2D eigenvalue weighted by molar-refractivity contribution is 5.72. The van der Waals surface area contributed by atoms with Crippen LogP contribution in [0.5, 0.6) is 0 Å². The highest BCUT2D eigenvalue weighted by Gasteiger charge is 1.94. The lowest BCUT2D eigenvalue weighted by atomic mass is 10.1. The summed E-state index contributed by atoms with van der Waals surface area (Å²) in [4.78, 5) is 10.7. The van der Waals surface area contributed by atoms with Gasteiger partial charge in [0, 0.05) is 26.7 Å². The second kappa shape index (κ2) is 17.4. The fraction of sp³-hybridized carbons (Fsp3) is 0.941. The first-order chi connectivity index (χ1) is 10.3. The SMILES string of the molecule is CNCCCCCCOCCCCCCCCNC(C)=O. The van der Waals surface area contributed by atoms with Crippen LogP contribution in [0.15, 0.2) is 0 Å². The van der Waals surface area contributed by atoms with Crippen molar-refractivity contribution >= 4 is 5.91 Å². The van der Waals surface area contributed by atoms with E-state index in [4.69, 9.17) is 4.74 Å². The molecule has 0 aliphatic carbocycles. The van der Waals surface area contributed by atoms with Crippen LogP contribution in [-0.4, -0.2) is 39.3 Å². The van der Waals surface area contributed by atoms with Crippen molar-refractivity contribution < 1.29 is 9.53 Å². The number of hydrogen-bond acceptors (Lipinski definition) is 3. The summed E-state index contributed by atoms with van der Waals surface area (Å²) in [6.07, 6.45) is 12.4. The van der Waals surface area contributed by atoms with Crippen molar-refractivity contribution in [2.75, 3.05) is 33.4 Å². The van der Waals surface area contributed by atoms with E-state index >= 15 is 0 Å². The number of hydrogen-bond donors (Lipinski definition) is 2. The Morgan fingerprint density at radius 1 is 0.762 bits per heavy atom. The Balaban J connectivity index is 2.95. The Morgan fingerprint density at radius 3 is 1.76 bits per heavy atom. The first-order valence-corrected chi connectivity index (χ1v) is 8.74. The molecule has 2 N–H and O–H groups in total. The van der Waals surface area contributed by atoms with Gasteiger partial charge in [0.25, 0.3) is 0 Å². The number of carbonyl (C=O) groups is 1. The Hall–Kier alpha value is -0.610. The summed E-state index contributed by atoms with van der Waals surface area (Å²) in [5.74, 6) is 0.0779. The molecule has 0 unspecified atom stereocenters. The molecule has 0 fully saturated rings. The van der Waals surface area contributed by atoms with Gasteiger partial charge in [-0.25, -0.2) is 0 Å². The molecule has 4 heteroatoms. The maximum atomic E-state index is 10.7. The van der Waals surface area contributed by atoms with Gasteiger partial charge in [0.15, 0.2) is 0 Å². The van der Waals surface area contributed by atoms with Crippen molar-refractivity contribution in [2.24, 2.45) is 0 Å². The molecule has 0 heterocycles. The molecule has 0 rings (SSSR count). The Kier molecular flexibility index (Phi) is 16.9. The van der Waals surface area contributed by atoms with E-state index in [1.54, 1.807) is 6.92 Å². The van der Waals surface area contributed by atoms with E-state index in [0.29, 0.717) is 0 Å². The number of nitrogens with one attached hydrogen (secondary N) is 2. The summed E-state index contributed by atoms with van der Waals surface area (Å²) in [5.41, 5.74) is 0. The summed E-state index contributed by atoms with van der Waals surface area (Å²) in [6, 6.07) is 0. The van der Waals surface area contributed by atoms with Crippen LogP contribution in [0.2, 0.25) is 0 Å². The van der Waals surface area contributed by atoms with Crippen molar-refractivity contribution in [3.05, 3.63) is 0 Å². The minimum Gasteiger partial charge on any atom is -0.381 e. The fourth-order valence-corrected chi connectivity index (χ4v) is 2.26. The van der Waals surface area contributed by atoms with Gasteiger partial charge in [0.2, 0.25) is 5.91 Å². The number of carbonyl (C=O) groups excluding carboxylic acids is 1. The molecular weight excluding hydrogens is 264 g/mol. The van der Waals surface area contributed by atoms with E-state index in [1.807, 2.05) is 7.05 Å². The van der Waals surface area contributed by atoms with Crippen LogP contribution in [0, 0.1) is 0 Å². The van der Waals surface area contributed by atoms with Gasteiger partial charge in [-0.05, 0) is 39.3 Å². The van der Waals surface area contributed by atoms with Crippen LogP contribution in [-0.2, 0) is 9.53 Å². The van der Waals surface area contributed by atoms with Gasteiger partial charge in [-0.3, -0.25) is 4.79 Å². The molecular formula is C17H36N2O2. The molecule has 1 amide bonds. The van der Waals surface area contributed by atoms with Crippen LogP contribution in [0.25, 0.3) is 0 Å². The van der Waals surface area contributed by atoms with Crippen LogP contribution in [0.1, 0.15) is 71.1 Å². The first-order valence-electron chi connectivity index (χ1n) is 8.74. The standard InChI is InChI=1S/C17H36N2O2/c1-17(20)19-14-10-5-3-4-7-11-15-21-16-12-8-6-9-13-18-2/h18H,3-16H2,1-2H3,(H,19,20). The van der Waals surface area contributed by atoms with Gasteiger partial charge in [0.1, 0.15) is 0 Å². The van der Waals surface area contributed by atoms with Gasteiger partial charge in [-0.2, -0.15) is 0 Å². The maximum absolute atomic E-state index is 10.7. The predicted octanol–water partition coefficient (Wildman–Crippen LogP) is 3.26. The van der Waals surface area contributed by atoms with Gasteiger partial charge < -0.3 is 15.4 Å². The van der Waals surface area contributed by atoms with Gasteiger partial charge in [0.05, 0.1) is 0 Å². The normalized spacial score (nSPS) is 10.8. The summed E-state index contributed by atoms with van der Waals surface area (Å²) < 4.78 is 5.65. The van der Waals surface area contributed by atoms with Gasteiger partial charge in [-0.1, -0.05) is 38.5 Å². The Labute approximate surface area is 131 Å². The highest BCUT2D eigenvalue weighted by Crippen LogP contribution is 2.05. The minimum absolute atomic E-state index is 0.0779. The zero-order valence-corrected chi connectivity index (χ0v) is 14.2. The molecule has 0 aliphatic heterocycles. The lowest BCUT2D eigenvalue weighted by molar-refractivity contribution is -0.118. The summed E-state index contributed by atoms with van der Waals surface area (Å²) in [6.45, 7) is 5.37. The highest BCUT2D eigenvalue weighted by atomic mass is 16.5. The van der Waals surface area contributed by atoms with Crippen molar-refractivity contribution in [3.8, 4) is 0 Å². The van der Waals surface area contributed by atoms with E-state index in [9.17, 15) is 4.79 Å². The molecule has 4 nitrogen and oxygen atoms in total. The molecule has 0 radical (unpaired) electrons. The summed E-state index contributed by atoms with van der Waals surface area (Å²) >= 11 is 0. The largest absolute Gasteiger partial charge is 0.381 e. The maximum Gasteiger partial charge on any atom is 0.216 e. The molecule has 0 atom stereocenters. The van der Waals surface area contributed by atoms with Crippen molar-refractivity contribution in [1.29, 1.82) is 0 Å². The molecule has 0 aliphatic rings. The minimum atomic E-state index is 0.0779. The zero-order chi connectivity index (χ0) is 15.6. The van der Waals surface area contributed by atoms with E-state index < -0.39 is 0 Å². The predicted molar refractivity (Wildman–Crippen MR) is 89.6 cm³/mol. The Bertz CT molecular complexity index is 223. The number of unbranched alkanes of at least 4 members (excludes halogenated alkanes) is 8. The summed E-state index contributed by atoms with van der Waals surface area (Å²) in [5, 5.41) is 6.00. The van der Waals surface area contributed by atoms with Crippen molar-refractivity contribution in [2.45, 2.75) is 71.1 Å². The van der Waals surface area contributed by atoms with Crippen LogP contribution >= 0.6 is 0 Å². The molecule has 0 bridgehead atoms. The topological polar surface area (TPSA) is 50.4 Å². The molecule has 0 saturated carbocycles. The number of ether oxygens (including phenoxy) is 1.